The van der Waals surface area contributed by atoms with Gasteiger partial charge >= 0.3 is 0 Å². The van der Waals surface area contributed by atoms with Crippen LogP contribution in [0.3, 0.4) is 0 Å². The minimum atomic E-state index is 0.501. The SMILES string of the molecule is CC(C)CN(CCN(C)C)c1nc(CNC(C)C)cs1. The molecule has 20 heavy (non-hydrogen) atoms. The summed E-state index contributed by atoms with van der Waals surface area (Å²) in [7, 11) is 4.24. The van der Waals surface area contributed by atoms with E-state index in [2.05, 4.69) is 62.3 Å². The molecule has 1 heterocycles. The van der Waals surface area contributed by atoms with E-state index in [9.17, 15) is 0 Å². The van der Waals surface area contributed by atoms with Gasteiger partial charge < -0.3 is 15.1 Å². The van der Waals surface area contributed by atoms with E-state index >= 15 is 0 Å². The summed E-state index contributed by atoms with van der Waals surface area (Å²) in [5, 5.41) is 6.75. The summed E-state index contributed by atoms with van der Waals surface area (Å²) in [5.41, 5.74) is 1.15. The zero-order valence-electron chi connectivity index (χ0n) is 13.8. The summed E-state index contributed by atoms with van der Waals surface area (Å²) in [4.78, 5) is 9.41. The summed E-state index contributed by atoms with van der Waals surface area (Å²) in [6.45, 7) is 12.9. The molecule has 0 saturated heterocycles. The highest BCUT2D eigenvalue weighted by molar-refractivity contribution is 7.13. The standard InChI is InChI=1S/C15H30N4S/c1-12(2)10-19(8-7-18(5)6)15-17-14(11-20-15)9-16-13(3)4/h11-13,16H,7-10H2,1-6H3. The zero-order valence-corrected chi connectivity index (χ0v) is 14.6. The minimum Gasteiger partial charge on any atom is -0.347 e. The Morgan fingerprint density at radius 1 is 1.20 bits per heavy atom. The van der Waals surface area contributed by atoms with Crippen molar-refractivity contribution < 1.29 is 0 Å². The van der Waals surface area contributed by atoms with Crippen LogP contribution in [0.2, 0.25) is 0 Å². The number of nitrogens with one attached hydrogen (secondary N) is 1. The Hall–Kier alpha value is -0.650. The fourth-order valence-electron chi connectivity index (χ4n) is 1.86. The third-order valence-corrected chi connectivity index (χ3v) is 3.85. The van der Waals surface area contributed by atoms with Crippen LogP contribution in [-0.4, -0.2) is 49.7 Å². The molecule has 5 heteroatoms. The number of anilines is 1. The smallest absolute Gasteiger partial charge is 0.185 e. The summed E-state index contributed by atoms with van der Waals surface area (Å²) >= 11 is 1.76. The molecule has 0 saturated carbocycles. The van der Waals surface area contributed by atoms with Gasteiger partial charge in [-0.2, -0.15) is 0 Å². The van der Waals surface area contributed by atoms with Gasteiger partial charge in [-0.25, -0.2) is 4.98 Å². The number of hydrogen-bond acceptors (Lipinski definition) is 5. The number of hydrogen-bond donors (Lipinski definition) is 1. The van der Waals surface area contributed by atoms with Gasteiger partial charge in [0.05, 0.1) is 5.69 Å². The van der Waals surface area contributed by atoms with Crippen LogP contribution in [0.15, 0.2) is 5.38 Å². The lowest BCUT2D eigenvalue weighted by Gasteiger charge is -2.25. The van der Waals surface area contributed by atoms with Crippen molar-refractivity contribution >= 4 is 16.5 Å². The largest absolute Gasteiger partial charge is 0.347 e. The zero-order chi connectivity index (χ0) is 15.1. The number of thiazole rings is 1. The van der Waals surface area contributed by atoms with E-state index in [0.29, 0.717) is 12.0 Å². The second kappa shape index (κ2) is 8.60. The summed E-state index contributed by atoms with van der Waals surface area (Å²) < 4.78 is 0. The van der Waals surface area contributed by atoms with Gasteiger partial charge in [0, 0.05) is 37.6 Å². The Labute approximate surface area is 128 Å². The van der Waals surface area contributed by atoms with Crippen LogP contribution < -0.4 is 10.2 Å². The molecule has 0 amide bonds. The van der Waals surface area contributed by atoms with Crippen molar-refractivity contribution in [3.8, 4) is 0 Å². The van der Waals surface area contributed by atoms with E-state index in [4.69, 9.17) is 4.98 Å². The van der Waals surface area contributed by atoms with E-state index in [1.165, 1.54) is 0 Å². The van der Waals surface area contributed by atoms with Crippen molar-refractivity contribution in [1.29, 1.82) is 0 Å². The molecular weight excluding hydrogens is 268 g/mol. The predicted octanol–water partition coefficient (Wildman–Crippen LogP) is 2.67. The van der Waals surface area contributed by atoms with Crippen molar-refractivity contribution in [2.75, 3.05) is 38.6 Å². The molecule has 0 aromatic carbocycles. The van der Waals surface area contributed by atoms with E-state index in [-0.39, 0.29) is 0 Å². The maximum atomic E-state index is 4.78. The molecule has 116 valence electrons. The maximum absolute atomic E-state index is 4.78. The first-order valence-corrected chi connectivity index (χ1v) is 8.34. The Bertz CT molecular complexity index is 374. The molecule has 0 aliphatic carbocycles. The lowest BCUT2D eigenvalue weighted by molar-refractivity contribution is 0.409. The third kappa shape index (κ3) is 6.68. The molecule has 0 radical (unpaired) electrons. The van der Waals surface area contributed by atoms with Crippen LogP contribution in [0.5, 0.6) is 0 Å². The van der Waals surface area contributed by atoms with E-state index in [1.807, 2.05) is 0 Å². The van der Waals surface area contributed by atoms with Crippen LogP contribution in [-0.2, 0) is 6.54 Å². The monoisotopic (exact) mass is 298 g/mol. The molecule has 1 aromatic heterocycles. The first-order chi connectivity index (χ1) is 9.38. The molecule has 0 unspecified atom stereocenters. The number of rotatable bonds is 9. The van der Waals surface area contributed by atoms with Crippen LogP contribution in [0.4, 0.5) is 5.13 Å². The Morgan fingerprint density at radius 3 is 2.45 bits per heavy atom. The third-order valence-electron chi connectivity index (χ3n) is 2.90. The van der Waals surface area contributed by atoms with Gasteiger partial charge in [0.25, 0.3) is 0 Å². The number of nitrogens with zero attached hydrogens (tertiary/aromatic N) is 3. The minimum absolute atomic E-state index is 0.501. The van der Waals surface area contributed by atoms with Gasteiger partial charge in [-0.15, -0.1) is 11.3 Å². The molecular formula is C15H30N4S. The second-order valence-corrected chi connectivity index (χ2v) is 7.14. The quantitative estimate of drug-likeness (QED) is 0.759. The molecule has 0 aliphatic rings. The number of aromatic nitrogens is 1. The highest BCUT2D eigenvalue weighted by Gasteiger charge is 2.13. The maximum Gasteiger partial charge on any atom is 0.185 e. The van der Waals surface area contributed by atoms with Crippen molar-refractivity contribution in [2.45, 2.75) is 40.3 Å². The normalized spacial score (nSPS) is 11.8. The average Bonchev–Trinajstić information content (AvgIpc) is 2.80. The molecule has 4 nitrogen and oxygen atoms in total. The van der Waals surface area contributed by atoms with Crippen molar-refractivity contribution in [3.63, 3.8) is 0 Å². The first kappa shape index (κ1) is 17.4. The van der Waals surface area contributed by atoms with Crippen LogP contribution in [0, 0.1) is 5.92 Å². The van der Waals surface area contributed by atoms with Crippen molar-refractivity contribution in [3.05, 3.63) is 11.1 Å². The average molecular weight is 298 g/mol. The molecule has 0 spiro atoms. The molecule has 1 rings (SSSR count). The van der Waals surface area contributed by atoms with Crippen molar-refractivity contribution in [2.24, 2.45) is 5.92 Å². The Morgan fingerprint density at radius 2 is 1.90 bits per heavy atom. The second-order valence-electron chi connectivity index (χ2n) is 6.30. The molecule has 0 atom stereocenters. The Kier molecular flexibility index (Phi) is 7.48. The van der Waals surface area contributed by atoms with Gasteiger partial charge in [0.2, 0.25) is 0 Å². The lowest BCUT2D eigenvalue weighted by atomic mass is 10.2. The fourth-order valence-corrected chi connectivity index (χ4v) is 2.72. The summed E-state index contributed by atoms with van der Waals surface area (Å²) in [5.74, 6) is 0.651. The molecule has 0 aliphatic heterocycles. The number of likely N-dealkylation sites (N-methyl/N-ethyl adjacent to an activating group) is 1. The Balaban J connectivity index is 2.64. The van der Waals surface area contributed by atoms with E-state index in [0.717, 1.165) is 37.0 Å². The van der Waals surface area contributed by atoms with Crippen molar-refractivity contribution in [1.82, 2.24) is 15.2 Å². The van der Waals surface area contributed by atoms with Gasteiger partial charge in [0.1, 0.15) is 0 Å². The lowest BCUT2D eigenvalue weighted by Crippen LogP contribution is -2.34. The molecule has 1 aromatic rings. The van der Waals surface area contributed by atoms with E-state index in [1.54, 1.807) is 11.3 Å². The summed E-state index contributed by atoms with van der Waals surface area (Å²) in [6.07, 6.45) is 0. The summed E-state index contributed by atoms with van der Waals surface area (Å²) in [6, 6.07) is 0.501. The molecule has 0 bridgehead atoms. The molecule has 0 fully saturated rings. The van der Waals surface area contributed by atoms with Crippen LogP contribution in [0.25, 0.3) is 0 Å². The first-order valence-electron chi connectivity index (χ1n) is 7.46. The van der Waals surface area contributed by atoms with Gasteiger partial charge in [-0.3, -0.25) is 0 Å². The van der Waals surface area contributed by atoms with Crippen LogP contribution in [0.1, 0.15) is 33.4 Å². The highest BCUT2D eigenvalue weighted by atomic mass is 32.1. The van der Waals surface area contributed by atoms with Gasteiger partial charge in [-0.1, -0.05) is 27.7 Å². The van der Waals surface area contributed by atoms with Crippen LogP contribution >= 0.6 is 11.3 Å². The van der Waals surface area contributed by atoms with Gasteiger partial charge in [0.15, 0.2) is 5.13 Å². The molecule has 1 N–H and O–H groups in total. The topological polar surface area (TPSA) is 31.4 Å². The van der Waals surface area contributed by atoms with E-state index < -0.39 is 0 Å². The predicted molar refractivity (Wildman–Crippen MR) is 89.7 cm³/mol. The highest BCUT2D eigenvalue weighted by Crippen LogP contribution is 2.21. The fraction of sp³-hybridized carbons (Fsp3) is 0.800. The van der Waals surface area contributed by atoms with Gasteiger partial charge in [-0.05, 0) is 20.0 Å².